The van der Waals surface area contributed by atoms with E-state index in [1.807, 2.05) is 6.07 Å². The van der Waals surface area contributed by atoms with Gasteiger partial charge >= 0.3 is 0 Å². The van der Waals surface area contributed by atoms with Crippen molar-refractivity contribution in [3.8, 4) is 34.8 Å². The van der Waals surface area contributed by atoms with Crippen molar-refractivity contribution >= 4 is 5.78 Å². The van der Waals surface area contributed by atoms with Crippen LogP contribution in [0.5, 0.6) is 28.7 Å². The van der Waals surface area contributed by atoms with Gasteiger partial charge in [-0.15, -0.1) is 0 Å². The molecule has 0 bridgehead atoms. The summed E-state index contributed by atoms with van der Waals surface area (Å²) in [4.78, 5) is 12.9. The van der Waals surface area contributed by atoms with Crippen LogP contribution in [0.25, 0.3) is 0 Å². The SMILES string of the molecule is COc1ccc(C(=O)[C@@H](C#N)c2cc(OC)c3c(c2OC)OCO3)cc1. The molecule has 0 amide bonds. The molecule has 2 aromatic rings. The minimum absolute atomic E-state index is 0.00908. The number of ketones is 1. The molecule has 0 aromatic heterocycles. The smallest absolute Gasteiger partial charge is 0.231 e. The number of hydrogen-bond donors (Lipinski definition) is 0. The van der Waals surface area contributed by atoms with Crippen molar-refractivity contribution in [3.63, 3.8) is 0 Å². The Labute approximate surface area is 150 Å². The lowest BCUT2D eigenvalue weighted by Gasteiger charge is -2.17. The van der Waals surface area contributed by atoms with E-state index in [0.29, 0.717) is 34.1 Å². The number of fused-ring (bicyclic) bond motifs is 1. The Balaban J connectivity index is 2.07. The summed E-state index contributed by atoms with van der Waals surface area (Å²) in [5.74, 6) is 0.530. The molecule has 0 fully saturated rings. The van der Waals surface area contributed by atoms with E-state index in [1.165, 1.54) is 14.2 Å². The van der Waals surface area contributed by atoms with Crippen LogP contribution >= 0.6 is 0 Å². The third kappa shape index (κ3) is 2.86. The normalized spacial score (nSPS) is 12.8. The van der Waals surface area contributed by atoms with Crippen molar-refractivity contribution in [1.82, 2.24) is 0 Å². The summed E-state index contributed by atoms with van der Waals surface area (Å²) < 4.78 is 26.7. The van der Waals surface area contributed by atoms with Crippen LogP contribution in [0.1, 0.15) is 21.8 Å². The van der Waals surface area contributed by atoms with Crippen LogP contribution < -0.4 is 23.7 Å². The molecule has 0 unspecified atom stereocenters. The maximum Gasteiger partial charge on any atom is 0.231 e. The first kappa shape index (κ1) is 17.4. The fraction of sp³-hybridized carbons (Fsp3) is 0.263. The van der Waals surface area contributed by atoms with Gasteiger partial charge in [-0.2, -0.15) is 5.26 Å². The lowest BCUT2D eigenvalue weighted by Crippen LogP contribution is -2.13. The second-order valence-corrected chi connectivity index (χ2v) is 5.42. The zero-order chi connectivity index (χ0) is 18.7. The number of nitrogens with zero attached hydrogens (tertiary/aromatic N) is 1. The molecule has 26 heavy (non-hydrogen) atoms. The van der Waals surface area contributed by atoms with Gasteiger partial charge in [-0.25, -0.2) is 0 Å². The summed E-state index contributed by atoms with van der Waals surface area (Å²) in [6.45, 7) is 0.00908. The molecule has 3 rings (SSSR count). The Hall–Kier alpha value is -3.40. The summed E-state index contributed by atoms with van der Waals surface area (Å²) >= 11 is 0. The predicted molar refractivity (Wildman–Crippen MR) is 91.3 cm³/mol. The lowest BCUT2D eigenvalue weighted by molar-refractivity contribution is 0.0977. The summed E-state index contributed by atoms with van der Waals surface area (Å²) in [7, 11) is 4.46. The largest absolute Gasteiger partial charge is 0.497 e. The lowest BCUT2D eigenvalue weighted by atomic mass is 9.90. The third-order valence-electron chi connectivity index (χ3n) is 4.09. The minimum atomic E-state index is -1.10. The van der Waals surface area contributed by atoms with Crippen LogP contribution in [0.4, 0.5) is 0 Å². The van der Waals surface area contributed by atoms with E-state index in [2.05, 4.69) is 0 Å². The number of carbonyl (C=O) groups excluding carboxylic acids is 1. The van der Waals surface area contributed by atoms with Crippen LogP contribution in [0.15, 0.2) is 30.3 Å². The first-order chi connectivity index (χ1) is 12.6. The van der Waals surface area contributed by atoms with E-state index in [1.54, 1.807) is 37.4 Å². The molecule has 0 saturated carbocycles. The molecule has 2 aromatic carbocycles. The van der Waals surface area contributed by atoms with Crippen LogP contribution in [-0.4, -0.2) is 33.9 Å². The van der Waals surface area contributed by atoms with Gasteiger partial charge in [0.05, 0.1) is 27.4 Å². The molecule has 0 N–H and O–H groups in total. The number of benzene rings is 2. The quantitative estimate of drug-likeness (QED) is 0.736. The Kier molecular flexibility index (Phi) is 4.85. The van der Waals surface area contributed by atoms with Crippen molar-refractivity contribution in [2.24, 2.45) is 0 Å². The van der Waals surface area contributed by atoms with Crippen LogP contribution in [0, 0.1) is 11.3 Å². The Morgan fingerprint density at radius 1 is 1.08 bits per heavy atom. The van der Waals surface area contributed by atoms with Crippen LogP contribution in [0.3, 0.4) is 0 Å². The molecule has 1 aliphatic rings. The first-order valence-electron chi connectivity index (χ1n) is 7.77. The highest BCUT2D eigenvalue weighted by Gasteiger charge is 2.33. The second kappa shape index (κ2) is 7.23. The Morgan fingerprint density at radius 3 is 2.35 bits per heavy atom. The third-order valence-corrected chi connectivity index (χ3v) is 4.09. The molecule has 0 saturated heterocycles. The van der Waals surface area contributed by atoms with E-state index in [4.69, 9.17) is 23.7 Å². The first-order valence-corrected chi connectivity index (χ1v) is 7.77. The molecule has 1 aliphatic heterocycles. The van der Waals surface area contributed by atoms with Crippen LogP contribution in [0.2, 0.25) is 0 Å². The predicted octanol–water partition coefficient (Wildman–Crippen LogP) is 2.93. The Bertz CT molecular complexity index is 869. The maximum absolute atomic E-state index is 12.9. The van der Waals surface area contributed by atoms with E-state index in [0.717, 1.165) is 0 Å². The zero-order valence-corrected chi connectivity index (χ0v) is 14.6. The Morgan fingerprint density at radius 2 is 1.77 bits per heavy atom. The molecular formula is C19H17NO6. The van der Waals surface area contributed by atoms with E-state index in [-0.39, 0.29) is 18.3 Å². The molecule has 0 radical (unpaired) electrons. The van der Waals surface area contributed by atoms with Gasteiger partial charge in [0.1, 0.15) is 11.7 Å². The minimum Gasteiger partial charge on any atom is -0.497 e. The summed E-state index contributed by atoms with van der Waals surface area (Å²) in [5, 5.41) is 9.68. The van der Waals surface area contributed by atoms with Crippen molar-refractivity contribution in [2.75, 3.05) is 28.1 Å². The molecule has 0 aliphatic carbocycles. The zero-order valence-electron chi connectivity index (χ0n) is 14.6. The highest BCUT2D eigenvalue weighted by Crippen LogP contribution is 2.51. The van der Waals surface area contributed by atoms with Crippen LogP contribution in [-0.2, 0) is 0 Å². The molecule has 0 spiro atoms. The molecule has 1 atom stereocenters. The number of ether oxygens (including phenoxy) is 5. The fourth-order valence-corrected chi connectivity index (χ4v) is 2.80. The summed E-state index contributed by atoms with van der Waals surface area (Å²) in [6.07, 6.45) is 0. The molecule has 134 valence electrons. The molecule has 7 nitrogen and oxygen atoms in total. The van der Waals surface area contributed by atoms with Crippen molar-refractivity contribution < 1.29 is 28.5 Å². The van der Waals surface area contributed by atoms with Crippen molar-refractivity contribution in [1.29, 1.82) is 5.26 Å². The van der Waals surface area contributed by atoms with E-state index >= 15 is 0 Å². The van der Waals surface area contributed by atoms with Gasteiger partial charge in [0, 0.05) is 11.1 Å². The van der Waals surface area contributed by atoms with Gasteiger partial charge in [-0.1, -0.05) is 0 Å². The molecular weight excluding hydrogens is 338 g/mol. The maximum atomic E-state index is 12.9. The van der Waals surface area contributed by atoms with Gasteiger partial charge in [-0.3, -0.25) is 4.79 Å². The average molecular weight is 355 g/mol. The van der Waals surface area contributed by atoms with Gasteiger partial charge in [0.2, 0.25) is 18.3 Å². The molecule has 1 heterocycles. The standard InChI is InChI=1S/C19H17NO6/c1-22-12-6-4-11(5-7-12)16(21)14(9-20)13-8-15(23-2)18-19(17(13)24-3)26-10-25-18/h4-8,14H,10H2,1-3H3/t14-/m0/s1. The summed E-state index contributed by atoms with van der Waals surface area (Å²) in [6, 6.07) is 10.2. The average Bonchev–Trinajstić information content (AvgIpc) is 3.17. The number of carbonyl (C=O) groups is 1. The highest BCUT2D eigenvalue weighted by atomic mass is 16.7. The number of Topliss-reactive ketones (excluding diaryl/α,β-unsaturated/α-hetero) is 1. The topological polar surface area (TPSA) is 87.0 Å². The monoisotopic (exact) mass is 355 g/mol. The number of hydrogen-bond acceptors (Lipinski definition) is 7. The van der Waals surface area contributed by atoms with E-state index < -0.39 is 5.92 Å². The van der Waals surface area contributed by atoms with Crippen molar-refractivity contribution in [2.45, 2.75) is 5.92 Å². The van der Waals surface area contributed by atoms with Crippen molar-refractivity contribution in [3.05, 3.63) is 41.5 Å². The summed E-state index contributed by atoms with van der Waals surface area (Å²) in [5.41, 5.74) is 0.743. The molecule has 7 heteroatoms. The van der Waals surface area contributed by atoms with Gasteiger partial charge in [-0.05, 0) is 30.3 Å². The number of nitriles is 1. The van der Waals surface area contributed by atoms with Gasteiger partial charge in [0.25, 0.3) is 0 Å². The van der Waals surface area contributed by atoms with Gasteiger partial charge < -0.3 is 23.7 Å². The number of methoxy groups -OCH3 is 3. The fourth-order valence-electron chi connectivity index (χ4n) is 2.80. The second-order valence-electron chi connectivity index (χ2n) is 5.42. The highest BCUT2D eigenvalue weighted by molar-refractivity contribution is 6.03. The van der Waals surface area contributed by atoms with Gasteiger partial charge in [0.15, 0.2) is 17.3 Å². The van der Waals surface area contributed by atoms with E-state index in [9.17, 15) is 10.1 Å². The number of rotatable bonds is 6.